The largest absolute Gasteiger partial charge is 0.395 e. The molecule has 0 aliphatic carbocycles. The smallest absolute Gasteiger partial charge is 0.102 e. The van der Waals surface area contributed by atoms with Crippen molar-refractivity contribution in [2.75, 3.05) is 13.2 Å². The lowest BCUT2D eigenvalue weighted by molar-refractivity contribution is 0.202. The maximum atomic E-state index is 9.01. The summed E-state index contributed by atoms with van der Waals surface area (Å²) in [6.07, 6.45) is 25.2. The average Bonchev–Trinajstić information content (AvgIpc) is 2.99. The van der Waals surface area contributed by atoms with Crippen molar-refractivity contribution < 1.29 is 5.11 Å². The molecule has 0 saturated heterocycles. The first-order chi connectivity index (χ1) is 11.4. The van der Waals surface area contributed by atoms with Crippen LogP contribution in [0, 0.1) is 0 Å². The molecule has 134 valence electrons. The summed E-state index contributed by atoms with van der Waals surface area (Å²) in [6, 6.07) is 0. The molecular formula is C20H38N2O. The van der Waals surface area contributed by atoms with Gasteiger partial charge >= 0.3 is 0 Å². The van der Waals surface area contributed by atoms with Crippen molar-refractivity contribution in [3.8, 4) is 0 Å². The highest BCUT2D eigenvalue weighted by molar-refractivity contribution is 4.97. The fourth-order valence-electron chi connectivity index (χ4n) is 3.09. The predicted molar refractivity (Wildman–Crippen MR) is 100 cm³/mol. The number of nitrogens with zero attached hydrogens (tertiary/aromatic N) is 1. The number of unbranched alkanes of at least 4 members (excludes halogenated alkanes) is 10. The van der Waals surface area contributed by atoms with Crippen molar-refractivity contribution >= 4 is 0 Å². The van der Waals surface area contributed by atoms with Gasteiger partial charge in [0.15, 0.2) is 0 Å². The van der Waals surface area contributed by atoms with Crippen LogP contribution < -0.4 is 5.32 Å². The minimum Gasteiger partial charge on any atom is -0.395 e. The predicted octanol–water partition coefficient (Wildman–Crippen LogP) is 4.94. The summed E-state index contributed by atoms with van der Waals surface area (Å²) in [5.41, 5.74) is 0. The molecule has 0 fully saturated rings. The van der Waals surface area contributed by atoms with Crippen LogP contribution in [0.25, 0.3) is 0 Å². The van der Waals surface area contributed by atoms with Crippen LogP contribution in [0.15, 0.2) is 24.6 Å². The van der Waals surface area contributed by atoms with Gasteiger partial charge < -0.3 is 15.3 Å². The molecule has 1 heterocycles. The first kappa shape index (κ1) is 20.1. The van der Waals surface area contributed by atoms with E-state index in [1.54, 1.807) is 0 Å². The maximum absolute atomic E-state index is 9.01. The van der Waals surface area contributed by atoms with Crippen LogP contribution in [0.2, 0.25) is 0 Å². The fraction of sp³-hybridized carbons (Fsp3) is 0.800. The average molecular weight is 323 g/mol. The van der Waals surface area contributed by atoms with Crippen LogP contribution in [0.5, 0.6) is 0 Å². The summed E-state index contributed by atoms with van der Waals surface area (Å²) in [6.45, 7) is 3.20. The Kier molecular flexibility index (Phi) is 12.8. The highest BCUT2D eigenvalue weighted by Crippen LogP contribution is 2.12. The second kappa shape index (κ2) is 14.6. The first-order valence-electron chi connectivity index (χ1n) is 9.82. The first-order valence-corrected chi connectivity index (χ1v) is 9.82. The lowest BCUT2D eigenvalue weighted by atomic mass is 10.1. The molecule has 0 saturated carbocycles. The fourth-order valence-corrected chi connectivity index (χ4v) is 3.09. The van der Waals surface area contributed by atoms with Crippen LogP contribution in [0.1, 0.15) is 84.0 Å². The number of hydrogen-bond donors (Lipinski definition) is 2. The third-order valence-electron chi connectivity index (χ3n) is 4.56. The van der Waals surface area contributed by atoms with E-state index in [2.05, 4.69) is 29.3 Å². The topological polar surface area (TPSA) is 35.5 Å². The van der Waals surface area contributed by atoms with Crippen LogP contribution in [0.4, 0.5) is 0 Å². The lowest BCUT2D eigenvalue weighted by Crippen LogP contribution is -2.36. The molecule has 1 aliphatic rings. The third-order valence-corrected chi connectivity index (χ3v) is 4.56. The van der Waals surface area contributed by atoms with Gasteiger partial charge in [-0.2, -0.15) is 0 Å². The molecule has 0 aromatic carbocycles. The number of aliphatic hydroxyl groups is 1. The van der Waals surface area contributed by atoms with Gasteiger partial charge in [0.1, 0.15) is 6.17 Å². The Balaban J connectivity index is 1.85. The van der Waals surface area contributed by atoms with Crippen molar-refractivity contribution in [3.05, 3.63) is 24.6 Å². The molecule has 23 heavy (non-hydrogen) atoms. The second-order valence-corrected chi connectivity index (χ2v) is 6.64. The molecular weight excluding hydrogens is 284 g/mol. The number of nitrogens with one attached hydrogen (secondary N) is 1. The molecule has 3 nitrogen and oxygen atoms in total. The van der Waals surface area contributed by atoms with E-state index < -0.39 is 0 Å². The molecule has 1 atom stereocenters. The van der Waals surface area contributed by atoms with E-state index in [-0.39, 0.29) is 6.61 Å². The zero-order valence-corrected chi connectivity index (χ0v) is 15.2. The minimum absolute atomic E-state index is 0.213. The minimum atomic E-state index is 0.213. The molecule has 1 aliphatic heterocycles. The Labute approximate surface area is 143 Å². The summed E-state index contributed by atoms with van der Waals surface area (Å²) in [5, 5.41) is 12.3. The Morgan fingerprint density at radius 2 is 1.61 bits per heavy atom. The third kappa shape index (κ3) is 10.4. The number of β-amino-alcohol motifs (C(OH)–C–C–N with tert-alkyl or cyclic N) is 1. The Hall–Kier alpha value is -0.960. The molecule has 2 N–H and O–H groups in total. The van der Waals surface area contributed by atoms with E-state index in [4.69, 9.17) is 5.11 Å². The van der Waals surface area contributed by atoms with Gasteiger partial charge in [0, 0.05) is 25.4 Å². The Bertz CT molecular complexity index is 315. The van der Waals surface area contributed by atoms with Gasteiger partial charge in [-0.25, -0.2) is 0 Å². The quantitative estimate of drug-likeness (QED) is 0.331. The zero-order valence-electron chi connectivity index (χ0n) is 15.2. The van der Waals surface area contributed by atoms with E-state index in [9.17, 15) is 0 Å². The van der Waals surface area contributed by atoms with Gasteiger partial charge in [0.25, 0.3) is 0 Å². The van der Waals surface area contributed by atoms with Gasteiger partial charge in [0.05, 0.1) is 6.61 Å². The normalized spacial score (nSPS) is 17.3. The molecule has 0 spiro atoms. The number of hydrogen-bond acceptors (Lipinski definition) is 3. The highest BCUT2D eigenvalue weighted by atomic mass is 16.3. The molecule has 0 bridgehead atoms. The van der Waals surface area contributed by atoms with Crippen molar-refractivity contribution in [3.63, 3.8) is 0 Å². The van der Waals surface area contributed by atoms with E-state index >= 15 is 0 Å². The molecule has 0 radical (unpaired) electrons. The summed E-state index contributed by atoms with van der Waals surface area (Å²) in [4.78, 5) is 2.16. The Morgan fingerprint density at radius 1 is 0.957 bits per heavy atom. The standard InChI is InChI=1S/C20H38N2O/c1-2-3-4-5-6-7-8-9-10-11-12-13-14-15-20-21-16-17-22(20)18-19-23/h13-14,16-17,20-21,23H,2-12,15,18-19H2,1H3/b14-13+. The number of allylic oxidation sites excluding steroid dienone is 1. The lowest BCUT2D eigenvalue weighted by Gasteiger charge is -2.23. The second-order valence-electron chi connectivity index (χ2n) is 6.64. The Morgan fingerprint density at radius 3 is 2.26 bits per heavy atom. The number of aliphatic hydroxyl groups excluding tert-OH is 1. The van der Waals surface area contributed by atoms with Crippen LogP contribution in [0.3, 0.4) is 0 Å². The number of rotatable bonds is 15. The zero-order chi connectivity index (χ0) is 16.6. The highest BCUT2D eigenvalue weighted by Gasteiger charge is 2.15. The van der Waals surface area contributed by atoms with E-state index in [0.717, 1.165) is 6.42 Å². The summed E-state index contributed by atoms with van der Waals surface area (Å²) >= 11 is 0. The molecule has 1 unspecified atom stereocenters. The van der Waals surface area contributed by atoms with Gasteiger partial charge in [-0.05, 0) is 12.8 Å². The maximum Gasteiger partial charge on any atom is 0.102 e. The molecule has 1 rings (SSSR count). The van der Waals surface area contributed by atoms with Gasteiger partial charge in [-0.15, -0.1) is 0 Å². The molecule has 3 heteroatoms. The van der Waals surface area contributed by atoms with Gasteiger partial charge in [-0.1, -0.05) is 76.9 Å². The van der Waals surface area contributed by atoms with E-state index in [1.807, 2.05) is 12.4 Å². The van der Waals surface area contributed by atoms with Crippen molar-refractivity contribution in [2.45, 2.75) is 90.1 Å². The SMILES string of the molecule is CCCCCCCCCCCC/C=C/CC1NC=CN1CCO. The van der Waals surface area contributed by atoms with Crippen LogP contribution in [-0.2, 0) is 0 Å². The van der Waals surface area contributed by atoms with Crippen molar-refractivity contribution in [1.29, 1.82) is 0 Å². The van der Waals surface area contributed by atoms with Gasteiger partial charge in [-0.3, -0.25) is 0 Å². The summed E-state index contributed by atoms with van der Waals surface area (Å²) in [7, 11) is 0. The van der Waals surface area contributed by atoms with Crippen LogP contribution in [-0.4, -0.2) is 29.3 Å². The monoisotopic (exact) mass is 322 g/mol. The van der Waals surface area contributed by atoms with Crippen molar-refractivity contribution in [1.82, 2.24) is 10.2 Å². The van der Waals surface area contributed by atoms with Gasteiger partial charge in [0.2, 0.25) is 0 Å². The van der Waals surface area contributed by atoms with E-state index in [1.165, 1.54) is 70.6 Å². The van der Waals surface area contributed by atoms with Crippen LogP contribution >= 0.6 is 0 Å². The van der Waals surface area contributed by atoms with Crippen molar-refractivity contribution in [2.24, 2.45) is 0 Å². The summed E-state index contributed by atoms with van der Waals surface area (Å²) < 4.78 is 0. The molecule has 0 aromatic rings. The van der Waals surface area contributed by atoms with E-state index in [0.29, 0.717) is 12.7 Å². The summed E-state index contributed by atoms with van der Waals surface area (Å²) in [5.74, 6) is 0. The molecule has 0 amide bonds. The molecule has 0 aromatic heterocycles.